The molecular formula is C13H17N. The summed E-state index contributed by atoms with van der Waals surface area (Å²) in [5, 5.41) is 0. The van der Waals surface area contributed by atoms with Crippen LogP contribution in [0.2, 0.25) is 0 Å². The Morgan fingerprint density at radius 3 is 2.50 bits per heavy atom. The summed E-state index contributed by atoms with van der Waals surface area (Å²) in [6.45, 7) is 3.66. The van der Waals surface area contributed by atoms with E-state index in [0.29, 0.717) is 0 Å². The third-order valence-electron chi connectivity index (χ3n) is 2.67. The van der Waals surface area contributed by atoms with Gasteiger partial charge in [0.1, 0.15) is 0 Å². The van der Waals surface area contributed by atoms with E-state index in [2.05, 4.69) is 47.4 Å². The van der Waals surface area contributed by atoms with E-state index in [1.54, 1.807) is 0 Å². The van der Waals surface area contributed by atoms with E-state index < -0.39 is 0 Å². The monoisotopic (exact) mass is 187 g/mol. The quantitative estimate of drug-likeness (QED) is 0.703. The van der Waals surface area contributed by atoms with Gasteiger partial charge in [-0.2, -0.15) is 0 Å². The standard InChI is InChI=1S/C13H17N/c1-2-7-13(8-3-1)9-6-12-14-10-4-5-11-14/h1-3,6-9H,4-5,10-12H2/b9-6+. The van der Waals surface area contributed by atoms with Crippen molar-refractivity contribution < 1.29 is 0 Å². The summed E-state index contributed by atoms with van der Waals surface area (Å²) in [7, 11) is 0. The molecule has 1 aliphatic rings. The van der Waals surface area contributed by atoms with Gasteiger partial charge < -0.3 is 0 Å². The van der Waals surface area contributed by atoms with E-state index in [-0.39, 0.29) is 0 Å². The van der Waals surface area contributed by atoms with Crippen molar-refractivity contribution in [1.29, 1.82) is 0 Å². The van der Waals surface area contributed by atoms with Crippen LogP contribution in [-0.4, -0.2) is 24.5 Å². The summed E-state index contributed by atoms with van der Waals surface area (Å²) in [5.74, 6) is 0. The maximum atomic E-state index is 2.50. The van der Waals surface area contributed by atoms with Crippen molar-refractivity contribution in [3.63, 3.8) is 0 Å². The zero-order valence-corrected chi connectivity index (χ0v) is 8.52. The van der Waals surface area contributed by atoms with E-state index in [1.165, 1.54) is 31.5 Å². The molecule has 0 saturated carbocycles. The van der Waals surface area contributed by atoms with Gasteiger partial charge in [-0.3, -0.25) is 4.90 Å². The zero-order chi connectivity index (χ0) is 9.64. The second kappa shape index (κ2) is 4.97. The van der Waals surface area contributed by atoms with Crippen LogP contribution < -0.4 is 0 Å². The van der Waals surface area contributed by atoms with Crippen LogP contribution >= 0.6 is 0 Å². The molecule has 0 spiro atoms. The number of benzene rings is 1. The minimum absolute atomic E-state index is 1.11. The highest BCUT2D eigenvalue weighted by molar-refractivity contribution is 5.48. The molecule has 0 N–H and O–H groups in total. The second-order valence-corrected chi connectivity index (χ2v) is 3.82. The van der Waals surface area contributed by atoms with E-state index in [0.717, 1.165) is 6.54 Å². The normalized spacial score (nSPS) is 18.0. The van der Waals surface area contributed by atoms with Gasteiger partial charge in [0, 0.05) is 6.54 Å². The molecule has 1 aromatic rings. The molecule has 14 heavy (non-hydrogen) atoms. The van der Waals surface area contributed by atoms with Gasteiger partial charge in [0.25, 0.3) is 0 Å². The minimum atomic E-state index is 1.11. The Hall–Kier alpha value is -1.08. The second-order valence-electron chi connectivity index (χ2n) is 3.82. The average Bonchev–Trinajstić information content (AvgIpc) is 2.72. The van der Waals surface area contributed by atoms with Gasteiger partial charge in [-0.05, 0) is 31.5 Å². The van der Waals surface area contributed by atoms with E-state index >= 15 is 0 Å². The Bertz CT molecular complexity index is 283. The molecule has 0 unspecified atom stereocenters. The molecule has 0 atom stereocenters. The third kappa shape index (κ3) is 2.71. The molecule has 1 aromatic carbocycles. The van der Waals surface area contributed by atoms with Crippen molar-refractivity contribution in [2.45, 2.75) is 12.8 Å². The van der Waals surface area contributed by atoms with Crippen molar-refractivity contribution in [1.82, 2.24) is 4.90 Å². The van der Waals surface area contributed by atoms with Gasteiger partial charge in [-0.15, -0.1) is 0 Å². The van der Waals surface area contributed by atoms with Crippen molar-refractivity contribution in [2.75, 3.05) is 19.6 Å². The average molecular weight is 187 g/mol. The number of nitrogens with zero attached hydrogens (tertiary/aromatic N) is 1. The molecule has 1 aliphatic heterocycles. The number of hydrogen-bond acceptors (Lipinski definition) is 1. The summed E-state index contributed by atoms with van der Waals surface area (Å²) < 4.78 is 0. The van der Waals surface area contributed by atoms with Crippen LogP contribution in [0.5, 0.6) is 0 Å². The Balaban J connectivity index is 1.82. The molecule has 1 saturated heterocycles. The summed E-state index contributed by atoms with van der Waals surface area (Å²) >= 11 is 0. The lowest BCUT2D eigenvalue weighted by molar-refractivity contribution is 0.378. The van der Waals surface area contributed by atoms with Crippen molar-refractivity contribution in [2.24, 2.45) is 0 Å². The number of likely N-dealkylation sites (tertiary alicyclic amines) is 1. The molecular weight excluding hydrogens is 170 g/mol. The first-order valence-corrected chi connectivity index (χ1v) is 5.39. The Labute approximate surface area is 86.1 Å². The fraction of sp³-hybridized carbons (Fsp3) is 0.385. The Kier molecular flexibility index (Phi) is 3.36. The Morgan fingerprint density at radius 1 is 1.07 bits per heavy atom. The summed E-state index contributed by atoms with van der Waals surface area (Å²) in [6, 6.07) is 10.5. The highest BCUT2D eigenvalue weighted by Crippen LogP contribution is 2.07. The summed E-state index contributed by atoms with van der Waals surface area (Å²) in [4.78, 5) is 2.50. The van der Waals surface area contributed by atoms with Gasteiger partial charge >= 0.3 is 0 Å². The SMILES string of the molecule is C(=C\c1ccccc1)/CN1CCCC1. The Morgan fingerprint density at radius 2 is 1.79 bits per heavy atom. The summed E-state index contributed by atoms with van der Waals surface area (Å²) in [6.07, 6.45) is 7.22. The maximum Gasteiger partial charge on any atom is 0.0166 e. The molecule has 74 valence electrons. The molecule has 1 heteroatoms. The van der Waals surface area contributed by atoms with Gasteiger partial charge in [0.15, 0.2) is 0 Å². The van der Waals surface area contributed by atoms with Crippen LogP contribution in [0.4, 0.5) is 0 Å². The minimum Gasteiger partial charge on any atom is -0.300 e. The van der Waals surface area contributed by atoms with E-state index in [1.807, 2.05) is 0 Å². The van der Waals surface area contributed by atoms with Crippen LogP contribution in [0, 0.1) is 0 Å². The lowest BCUT2D eigenvalue weighted by Gasteiger charge is -2.10. The van der Waals surface area contributed by atoms with Crippen LogP contribution in [0.25, 0.3) is 6.08 Å². The molecule has 0 aliphatic carbocycles. The lowest BCUT2D eigenvalue weighted by Crippen LogP contribution is -2.18. The number of rotatable bonds is 3. The highest BCUT2D eigenvalue weighted by atomic mass is 15.1. The fourth-order valence-electron chi connectivity index (χ4n) is 1.87. The van der Waals surface area contributed by atoms with Crippen LogP contribution in [0.3, 0.4) is 0 Å². The van der Waals surface area contributed by atoms with Crippen molar-refractivity contribution >= 4 is 6.08 Å². The molecule has 0 radical (unpaired) electrons. The van der Waals surface area contributed by atoms with E-state index in [4.69, 9.17) is 0 Å². The first kappa shape index (κ1) is 9.47. The predicted octanol–water partition coefficient (Wildman–Crippen LogP) is 2.80. The van der Waals surface area contributed by atoms with Crippen LogP contribution in [0.15, 0.2) is 36.4 Å². The molecule has 2 rings (SSSR count). The number of hydrogen-bond donors (Lipinski definition) is 0. The predicted molar refractivity (Wildman–Crippen MR) is 61.2 cm³/mol. The molecule has 1 nitrogen and oxygen atoms in total. The lowest BCUT2D eigenvalue weighted by atomic mass is 10.2. The first-order chi connectivity index (χ1) is 6.95. The van der Waals surface area contributed by atoms with Gasteiger partial charge in [-0.25, -0.2) is 0 Å². The molecule has 1 fully saturated rings. The molecule has 0 aromatic heterocycles. The van der Waals surface area contributed by atoms with Crippen LogP contribution in [0.1, 0.15) is 18.4 Å². The van der Waals surface area contributed by atoms with Crippen molar-refractivity contribution in [3.05, 3.63) is 42.0 Å². The molecule has 0 bridgehead atoms. The van der Waals surface area contributed by atoms with Crippen molar-refractivity contribution in [3.8, 4) is 0 Å². The zero-order valence-electron chi connectivity index (χ0n) is 8.52. The fourth-order valence-corrected chi connectivity index (χ4v) is 1.87. The van der Waals surface area contributed by atoms with E-state index in [9.17, 15) is 0 Å². The summed E-state index contributed by atoms with van der Waals surface area (Å²) in [5.41, 5.74) is 1.30. The molecule has 1 heterocycles. The highest BCUT2D eigenvalue weighted by Gasteiger charge is 2.08. The topological polar surface area (TPSA) is 3.24 Å². The van der Waals surface area contributed by atoms with Gasteiger partial charge in [0.05, 0.1) is 0 Å². The van der Waals surface area contributed by atoms with Crippen LogP contribution in [-0.2, 0) is 0 Å². The molecule has 0 amide bonds. The third-order valence-corrected chi connectivity index (χ3v) is 2.67. The maximum absolute atomic E-state index is 2.50. The smallest absolute Gasteiger partial charge is 0.0166 e. The largest absolute Gasteiger partial charge is 0.300 e. The van der Waals surface area contributed by atoms with Gasteiger partial charge in [-0.1, -0.05) is 42.5 Å². The van der Waals surface area contributed by atoms with Gasteiger partial charge in [0.2, 0.25) is 0 Å². The first-order valence-electron chi connectivity index (χ1n) is 5.39.